The molecule has 0 saturated heterocycles. The first-order chi connectivity index (χ1) is 34.6. The molecule has 10 rings (SSSR count). The Hall–Kier alpha value is -6.26. The Morgan fingerprint density at radius 2 is 1.12 bits per heavy atom. The van der Waals surface area contributed by atoms with Crippen molar-refractivity contribution in [3.05, 3.63) is 186 Å². The molecule has 66 heavy (non-hydrogen) atoms. The molecule has 2 atom stereocenters. The first kappa shape index (κ1) is 35.0. The van der Waals surface area contributed by atoms with E-state index in [4.69, 9.17) is 0 Å². The van der Waals surface area contributed by atoms with Crippen LogP contribution in [0.2, 0.25) is 0 Å². The third-order valence-electron chi connectivity index (χ3n) is 13.5. The van der Waals surface area contributed by atoms with E-state index in [0.717, 1.165) is 55.3 Å². The minimum Gasteiger partial charge on any atom is -0.312 e. The smallest absolute Gasteiger partial charge is 0.252 e. The van der Waals surface area contributed by atoms with Gasteiger partial charge in [-0.05, 0) is 133 Å². The monoisotopic (exact) mass is 872 g/mol. The Labute approximate surface area is 406 Å². The summed E-state index contributed by atoms with van der Waals surface area (Å²) in [6.45, 7) is 24.3. The van der Waals surface area contributed by atoms with Gasteiger partial charge in [0, 0.05) is 46.6 Å². The van der Waals surface area contributed by atoms with Crippen LogP contribution in [0.5, 0.6) is 0 Å². The fourth-order valence-corrected chi connectivity index (χ4v) is 9.71. The highest BCUT2D eigenvalue weighted by atomic mass is 15.2. The van der Waals surface area contributed by atoms with Crippen LogP contribution >= 0.6 is 0 Å². The molecule has 3 nitrogen and oxygen atoms in total. The first-order valence-electron chi connectivity index (χ1n) is 27.5. The molecule has 7 aromatic rings. The lowest BCUT2D eigenvalue weighted by molar-refractivity contribution is 0.293. The molecule has 4 heteroatoms. The number of hydrogen-bond acceptors (Lipinski definition) is 3. The van der Waals surface area contributed by atoms with Gasteiger partial charge in [0.1, 0.15) is 0 Å². The van der Waals surface area contributed by atoms with Crippen LogP contribution in [0.1, 0.15) is 117 Å². The van der Waals surface area contributed by atoms with Gasteiger partial charge < -0.3 is 14.7 Å². The van der Waals surface area contributed by atoms with Gasteiger partial charge in [-0.1, -0.05) is 186 Å². The molecule has 0 spiro atoms. The highest BCUT2D eigenvalue weighted by Gasteiger charge is 2.45. The van der Waals surface area contributed by atoms with E-state index in [1.54, 1.807) is 0 Å². The SMILES string of the molecule is [2H]C1=C([2H])C(C(C)(C)C)C([2H])C([2H])=C1N1c2ccc(C(C)(C)C)cc2B2c3cc(C(C)(C)C)ccc3N(c3c([2H])c([2H])c(C(C)(C)C)c([2H])c3[2H])c3cc(N(c4ccccc4)c4cccc5ccccc45)cc1c32. The number of nitrogens with zero attached hydrogens (tertiary/aromatic N) is 3. The van der Waals surface area contributed by atoms with E-state index in [1.807, 2.05) is 87.7 Å². The summed E-state index contributed by atoms with van der Waals surface area (Å²) in [5, 5.41) is 2.04. The van der Waals surface area contributed by atoms with E-state index in [-0.39, 0.29) is 64.5 Å². The number of para-hydroxylation sites is 1. The van der Waals surface area contributed by atoms with Crippen molar-refractivity contribution < 1.29 is 11.0 Å². The van der Waals surface area contributed by atoms with Gasteiger partial charge in [0.2, 0.25) is 0 Å². The van der Waals surface area contributed by atoms with Crippen molar-refractivity contribution >= 4 is 79.4 Å². The lowest BCUT2D eigenvalue weighted by Gasteiger charge is -2.46. The normalized spacial score (nSPS) is 19.2. The lowest BCUT2D eigenvalue weighted by atomic mass is 9.33. The van der Waals surface area contributed by atoms with Crippen molar-refractivity contribution in [3.8, 4) is 0 Å². The van der Waals surface area contributed by atoms with Crippen LogP contribution in [0, 0.1) is 11.3 Å². The molecule has 0 radical (unpaired) electrons. The molecule has 332 valence electrons. The zero-order chi connectivity index (χ0) is 53.5. The maximum atomic E-state index is 10.0. The summed E-state index contributed by atoms with van der Waals surface area (Å²) < 4.78 is 78.8. The van der Waals surface area contributed by atoms with Crippen LogP contribution in [-0.4, -0.2) is 6.71 Å². The second-order valence-corrected chi connectivity index (χ2v) is 22.5. The van der Waals surface area contributed by atoms with Gasteiger partial charge in [-0.3, -0.25) is 0 Å². The molecule has 0 N–H and O–H groups in total. The maximum absolute atomic E-state index is 10.0. The zero-order valence-electron chi connectivity index (χ0n) is 48.6. The first-order valence-corrected chi connectivity index (χ1v) is 23.4. The third-order valence-corrected chi connectivity index (χ3v) is 13.5. The number of benzene rings is 7. The number of fused-ring (bicyclic) bond motifs is 5. The number of anilines is 8. The summed E-state index contributed by atoms with van der Waals surface area (Å²) in [6.07, 6.45) is -1.15. The number of hydrogen-bond donors (Lipinski definition) is 0. The van der Waals surface area contributed by atoms with Crippen LogP contribution in [0.3, 0.4) is 0 Å². The van der Waals surface area contributed by atoms with Crippen LogP contribution in [-0.2, 0) is 16.2 Å². The van der Waals surface area contributed by atoms with E-state index < -0.39 is 29.9 Å². The maximum Gasteiger partial charge on any atom is 0.252 e. The predicted octanol–water partition coefficient (Wildman–Crippen LogP) is 15.5. The van der Waals surface area contributed by atoms with Crippen LogP contribution in [0.25, 0.3) is 10.8 Å². The van der Waals surface area contributed by atoms with Gasteiger partial charge in [-0.2, -0.15) is 0 Å². The molecule has 0 amide bonds. The van der Waals surface area contributed by atoms with Crippen molar-refractivity contribution in [2.75, 3.05) is 14.7 Å². The molecule has 2 aliphatic heterocycles. The van der Waals surface area contributed by atoms with Crippen LogP contribution in [0.15, 0.2) is 169 Å². The van der Waals surface area contributed by atoms with Crippen molar-refractivity contribution in [1.82, 2.24) is 0 Å². The molecule has 2 heterocycles. The Bertz CT molecular complexity index is 3490. The molecule has 0 aromatic heterocycles. The van der Waals surface area contributed by atoms with Gasteiger partial charge in [0.15, 0.2) is 0 Å². The summed E-state index contributed by atoms with van der Waals surface area (Å²) >= 11 is 0. The quantitative estimate of drug-likeness (QED) is 0.160. The summed E-state index contributed by atoms with van der Waals surface area (Å²) in [6, 6.07) is 41.0. The summed E-state index contributed by atoms with van der Waals surface area (Å²) in [7, 11) is 0. The summed E-state index contributed by atoms with van der Waals surface area (Å²) in [5.74, 6) is -0.704. The summed E-state index contributed by atoms with van der Waals surface area (Å²) in [5.41, 5.74) is 8.64. The van der Waals surface area contributed by atoms with Crippen molar-refractivity contribution in [1.29, 1.82) is 0 Å². The van der Waals surface area contributed by atoms with E-state index in [1.165, 1.54) is 0 Å². The van der Waals surface area contributed by atoms with Crippen molar-refractivity contribution in [3.63, 3.8) is 0 Å². The van der Waals surface area contributed by atoms with Gasteiger partial charge in [0.05, 0.1) is 21.0 Å². The minimum atomic E-state index is -1.15. The molecule has 0 saturated carbocycles. The molecule has 3 aliphatic rings. The number of rotatable bonds is 5. The van der Waals surface area contributed by atoms with E-state index in [9.17, 15) is 11.0 Å². The number of allylic oxidation sites excluding steroid dienone is 3. The van der Waals surface area contributed by atoms with E-state index >= 15 is 0 Å². The fourth-order valence-electron chi connectivity index (χ4n) is 9.71. The van der Waals surface area contributed by atoms with Crippen LogP contribution in [0.4, 0.5) is 45.5 Å². The third kappa shape index (κ3) is 7.57. The average molecular weight is 872 g/mol. The zero-order valence-corrected chi connectivity index (χ0v) is 40.6. The van der Waals surface area contributed by atoms with Gasteiger partial charge in [0.25, 0.3) is 6.71 Å². The molecule has 1 aliphatic carbocycles. The molecule has 0 bridgehead atoms. The van der Waals surface area contributed by atoms with Gasteiger partial charge >= 0.3 is 0 Å². The van der Waals surface area contributed by atoms with Gasteiger partial charge in [-0.15, -0.1) is 0 Å². The van der Waals surface area contributed by atoms with Crippen LogP contribution < -0.4 is 31.1 Å². The highest BCUT2D eigenvalue weighted by Crippen LogP contribution is 2.49. The molecular weight excluding hydrogens is 798 g/mol. The second-order valence-electron chi connectivity index (χ2n) is 22.5. The Kier molecular flexibility index (Phi) is 8.32. The fraction of sp³-hybridized carbons (Fsp3) is 0.290. The van der Waals surface area contributed by atoms with Crippen molar-refractivity contribution in [2.24, 2.45) is 11.3 Å². The molecule has 2 unspecified atom stereocenters. The van der Waals surface area contributed by atoms with Crippen molar-refractivity contribution in [2.45, 2.75) is 106 Å². The molecule has 0 fully saturated rings. The Balaban J connectivity index is 1.43. The Morgan fingerprint density at radius 3 is 1.73 bits per heavy atom. The topological polar surface area (TPSA) is 9.72 Å². The Morgan fingerprint density at radius 1 is 0.561 bits per heavy atom. The predicted molar refractivity (Wildman–Crippen MR) is 287 cm³/mol. The van der Waals surface area contributed by atoms with Gasteiger partial charge in [-0.25, -0.2) is 0 Å². The molecule has 7 aromatic carbocycles. The van der Waals surface area contributed by atoms with E-state index in [2.05, 4.69) is 131 Å². The second kappa shape index (κ2) is 15.7. The van der Waals surface area contributed by atoms with E-state index in [0.29, 0.717) is 28.3 Å². The summed E-state index contributed by atoms with van der Waals surface area (Å²) in [4.78, 5) is 6.09. The largest absolute Gasteiger partial charge is 0.312 e. The minimum absolute atomic E-state index is 0.00884. The lowest BCUT2D eigenvalue weighted by Crippen LogP contribution is -2.62. The molecular formula is C62H66BN3. The highest BCUT2D eigenvalue weighted by molar-refractivity contribution is 7.00. The average Bonchev–Trinajstić information content (AvgIpc) is 3.33. The standard InChI is InChI=1S/C62H66BN3/c1-59(2,3)42-25-31-47(32-26-42)65-54-35-29-44(61(7,8)9)37-51(54)63-52-38-45(62(10,11)12)30-36-55(52)66(48-33-27-43(28-34-48)60(4,5)6)57-40-49(39-56(65)58(57)63)64(46-21-14-13-15-22-46)53-24-18-20-41-19-16-17-23-50(41)53/h13-27,29-40,43H,28H2,1-12H3/i25D,26D,27D,28D,31D,32D,33D,34D.